The zero-order valence-electron chi connectivity index (χ0n) is 17.3. The molecule has 0 spiro atoms. The molecular formula is C21H22BrCl2F3N4O. The highest BCUT2D eigenvalue weighted by molar-refractivity contribution is 9.10. The zero-order valence-corrected chi connectivity index (χ0v) is 20.4. The summed E-state index contributed by atoms with van der Waals surface area (Å²) >= 11 is 15.6. The molecule has 0 radical (unpaired) electrons. The van der Waals surface area contributed by atoms with E-state index in [0.29, 0.717) is 48.5 Å². The van der Waals surface area contributed by atoms with Crippen LogP contribution in [0.3, 0.4) is 0 Å². The molecule has 174 valence electrons. The van der Waals surface area contributed by atoms with Crippen LogP contribution in [0, 0.1) is 0 Å². The average Bonchev–Trinajstić information content (AvgIpc) is 3.51. The standard InChI is InChI=1S/C21H22BrCl2F3N4O/c1-12(31-18(13-5-6-13)17(22)19(28-31)21(25,26)27)20(32)30-9-7-29(8-10-30)11-14-15(23)3-2-4-16(14)24/h2-4,12-13H,5-11H2,1H3. The molecule has 1 aliphatic carbocycles. The van der Waals surface area contributed by atoms with Crippen molar-refractivity contribution in [1.82, 2.24) is 19.6 Å². The fraction of sp³-hybridized carbons (Fsp3) is 0.524. The summed E-state index contributed by atoms with van der Waals surface area (Å²) in [5.41, 5.74) is 0.338. The first-order valence-electron chi connectivity index (χ1n) is 10.4. The second kappa shape index (κ2) is 9.16. The first-order valence-corrected chi connectivity index (χ1v) is 11.9. The van der Waals surface area contributed by atoms with Gasteiger partial charge in [0.2, 0.25) is 5.91 Å². The Labute approximate surface area is 202 Å². The topological polar surface area (TPSA) is 41.4 Å². The first kappa shape index (κ1) is 23.9. The van der Waals surface area contributed by atoms with Gasteiger partial charge < -0.3 is 4.90 Å². The normalized spacial score (nSPS) is 18.8. The summed E-state index contributed by atoms with van der Waals surface area (Å²) in [6.45, 7) is 4.36. The minimum atomic E-state index is -4.58. The van der Waals surface area contributed by atoms with Crippen molar-refractivity contribution >= 4 is 45.0 Å². The molecule has 2 heterocycles. The molecule has 2 fully saturated rings. The van der Waals surface area contributed by atoms with E-state index in [1.54, 1.807) is 30.0 Å². The average molecular weight is 554 g/mol. The molecule has 2 aromatic rings. The maximum atomic E-state index is 13.4. The van der Waals surface area contributed by atoms with Gasteiger partial charge in [-0.05, 0) is 47.8 Å². The lowest BCUT2D eigenvalue weighted by molar-refractivity contribution is -0.143. The van der Waals surface area contributed by atoms with Crippen LogP contribution in [0.2, 0.25) is 10.0 Å². The number of hydrogen-bond acceptors (Lipinski definition) is 3. The van der Waals surface area contributed by atoms with E-state index in [1.165, 1.54) is 4.68 Å². The fourth-order valence-electron chi connectivity index (χ4n) is 4.03. The van der Waals surface area contributed by atoms with E-state index in [2.05, 4.69) is 25.9 Å². The maximum Gasteiger partial charge on any atom is 0.436 e. The van der Waals surface area contributed by atoms with Crippen LogP contribution in [-0.4, -0.2) is 51.7 Å². The van der Waals surface area contributed by atoms with Crippen molar-refractivity contribution in [3.63, 3.8) is 0 Å². The van der Waals surface area contributed by atoms with Crippen molar-refractivity contribution in [2.24, 2.45) is 0 Å². The Kier molecular flexibility index (Phi) is 6.83. The molecular weight excluding hydrogens is 532 g/mol. The summed E-state index contributed by atoms with van der Waals surface area (Å²) in [6.07, 6.45) is -2.99. The van der Waals surface area contributed by atoms with Crippen molar-refractivity contribution < 1.29 is 18.0 Å². The van der Waals surface area contributed by atoms with Crippen LogP contribution in [-0.2, 0) is 17.5 Å². The SMILES string of the molecule is CC(C(=O)N1CCN(Cc2c(Cl)cccc2Cl)CC1)n1nc(C(F)(F)F)c(Br)c1C1CC1. The summed E-state index contributed by atoms with van der Waals surface area (Å²) in [7, 11) is 0. The van der Waals surface area contributed by atoms with E-state index in [1.807, 2.05) is 0 Å². The van der Waals surface area contributed by atoms with Crippen LogP contribution in [0.15, 0.2) is 22.7 Å². The predicted molar refractivity (Wildman–Crippen MR) is 120 cm³/mol. The first-order chi connectivity index (χ1) is 15.1. The molecule has 0 N–H and O–H groups in total. The van der Waals surface area contributed by atoms with Gasteiger partial charge in [0.1, 0.15) is 6.04 Å². The minimum Gasteiger partial charge on any atom is -0.338 e. The molecule has 1 saturated carbocycles. The molecule has 1 unspecified atom stereocenters. The number of piperazine rings is 1. The number of alkyl halides is 3. The third-order valence-electron chi connectivity index (χ3n) is 5.97. The molecule has 0 bridgehead atoms. The lowest BCUT2D eigenvalue weighted by atomic mass is 10.1. The van der Waals surface area contributed by atoms with E-state index < -0.39 is 17.9 Å². The zero-order chi connectivity index (χ0) is 23.2. The Balaban J connectivity index is 1.45. The van der Waals surface area contributed by atoms with Gasteiger partial charge in [0, 0.05) is 54.3 Å². The van der Waals surface area contributed by atoms with Crippen molar-refractivity contribution in [2.75, 3.05) is 26.2 Å². The van der Waals surface area contributed by atoms with Gasteiger partial charge >= 0.3 is 6.18 Å². The van der Waals surface area contributed by atoms with Crippen molar-refractivity contribution in [3.05, 3.63) is 49.7 Å². The van der Waals surface area contributed by atoms with Gasteiger partial charge in [-0.1, -0.05) is 29.3 Å². The van der Waals surface area contributed by atoms with Gasteiger partial charge in [0.15, 0.2) is 5.69 Å². The van der Waals surface area contributed by atoms with E-state index >= 15 is 0 Å². The predicted octanol–water partition coefficient (Wildman–Crippen LogP) is 5.75. The van der Waals surface area contributed by atoms with Gasteiger partial charge in [0.05, 0.1) is 10.2 Å². The number of amides is 1. The molecule has 1 aliphatic heterocycles. The number of carbonyl (C=O) groups is 1. The number of benzene rings is 1. The van der Waals surface area contributed by atoms with Crippen molar-refractivity contribution in [2.45, 2.75) is 44.4 Å². The summed E-state index contributed by atoms with van der Waals surface area (Å²) in [5, 5.41) is 5.00. The van der Waals surface area contributed by atoms with Crippen LogP contribution in [0.1, 0.15) is 48.7 Å². The summed E-state index contributed by atoms with van der Waals surface area (Å²) < 4.78 is 41.4. The Morgan fingerprint density at radius 1 is 1.19 bits per heavy atom. The lowest BCUT2D eigenvalue weighted by Gasteiger charge is -2.36. The van der Waals surface area contributed by atoms with Gasteiger partial charge in [-0.15, -0.1) is 0 Å². The summed E-state index contributed by atoms with van der Waals surface area (Å²) in [4.78, 5) is 17.0. The van der Waals surface area contributed by atoms with Gasteiger partial charge in [-0.3, -0.25) is 14.4 Å². The minimum absolute atomic E-state index is 0.000409. The maximum absolute atomic E-state index is 13.4. The summed E-state index contributed by atoms with van der Waals surface area (Å²) in [6, 6.07) is 4.56. The third-order valence-corrected chi connectivity index (χ3v) is 7.46. The van der Waals surface area contributed by atoms with Crippen molar-refractivity contribution in [1.29, 1.82) is 0 Å². The fourth-order valence-corrected chi connectivity index (χ4v) is 5.36. The third kappa shape index (κ3) is 4.81. The van der Waals surface area contributed by atoms with Gasteiger partial charge in [-0.2, -0.15) is 18.3 Å². The van der Waals surface area contributed by atoms with Gasteiger partial charge in [0.25, 0.3) is 0 Å². The van der Waals surface area contributed by atoms with E-state index in [-0.39, 0.29) is 16.3 Å². The summed E-state index contributed by atoms with van der Waals surface area (Å²) in [5.74, 6) is -0.230. The number of nitrogens with zero attached hydrogens (tertiary/aromatic N) is 4. The second-order valence-electron chi connectivity index (χ2n) is 8.24. The van der Waals surface area contributed by atoms with E-state index in [0.717, 1.165) is 18.4 Å². The highest BCUT2D eigenvalue weighted by Gasteiger charge is 2.43. The molecule has 1 amide bonds. The van der Waals surface area contributed by atoms with Gasteiger partial charge in [-0.25, -0.2) is 0 Å². The molecule has 32 heavy (non-hydrogen) atoms. The Bertz CT molecular complexity index is 997. The van der Waals surface area contributed by atoms with Crippen LogP contribution in [0.5, 0.6) is 0 Å². The van der Waals surface area contributed by atoms with Crippen molar-refractivity contribution in [3.8, 4) is 0 Å². The molecule has 1 atom stereocenters. The Hall–Kier alpha value is -1.29. The molecule has 1 aromatic heterocycles. The number of hydrogen-bond donors (Lipinski definition) is 0. The number of aromatic nitrogens is 2. The quantitative estimate of drug-likeness (QED) is 0.473. The smallest absolute Gasteiger partial charge is 0.338 e. The van der Waals surface area contributed by atoms with Crippen LogP contribution >= 0.6 is 39.1 Å². The lowest BCUT2D eigenvalue weighted by Crippen LogP contribution is -2.50. The van der Waals surface area contributed by atoms with E-state index in [4.69, 9.17) is 23.2 Å². The Morgan fingerprint density at radius 2 is 1.78 bits per heavy atom. The van der Waals surface area contributed by atoms with Crippen LogP contribution in [0.4, 0.5) is 13.2 Å². The highest BCUT2D eigenvalue weighted by atomic mass is 79.9. The molecule has 2 aliphatic rings. The van der Waals surface area contributed by atoms with Crippen LogP contribution in [0.25, 0.3) is 0 Å². The molecule has 1 saturated heterocycles. The molecule has 11 heteroatoms. The highest BCUT2D eigenvalue weighted by Crippen LogP contribution is 2.47. The molecule has 1 aromatic carbocycles. The second-order valence-corrected chi connectivity index (χ2v) is 9.85. The number of rotatable bonds is 5. The molecule has 4 rings (SSSR count). The monoisotopic (exact) mass is 552 g/mol. The number of halogens is 6. The largest absolute Gasteiger partial charge is 0.436 e. The van der Waals surface area contributed by atoms with Crippen LogP contribution < -0.4 is 0 Å². The van der Waals surface area contributed by atoms with E-state index in [9.17, 15) is 18.0 Å². The number of carbonyl (C=O) groups excluding carboxylic acids is 1. The molecule has 5 nitrogen and oxygen atoms in total. The Morgan fingerprint density at radius 3 is 2.31 bits per heavy atom.